The van der Waals surface area contributed by atoms with Gasteiger partial charge in [-0.3, -0.25) is 14.5 Å². The van der Waals surface area contributed by atoms with Gasteiger partial charge in [0.15, 0.2) is 0 Å². The van der Waals surface area contributed by atoms with Crippen LogP contribution in [0.15, 0.2) is 18.2 Å². The van der Waals surface area contributed by atoms with Gasteiger partial charge in [-0.2, -0.15) is 0 Å². The fourth-order valence-electron chi connectivity index (χ4n) is 3.55. The van der Waals surface area contributed by atoms with Crippen LogP contribution in [0.2, 0.25) is 0 Å². The lowest BCUT2D eigenvalue weighted by Gasteiger charge is -2.30. The zero-order chi connectivity index (χ0) is 15.0. The van der Waals surface area contributed by atoms with E-state index >= 15 is 0 Å². The molecule has 0 atom stereocenters. The molecule has 0 aromatic heterocycles. The molecule has 2 amide bonds. The fourth-order valence-corrected chi connectivity index (χ4v) is 3.55. The Labute approximate surface area is 125 Å². The van der Waals surface area contributed by atoms with Crippen molar-refractivity contribution < 1.29 is 9.59 Å². The van der Waals surface area contributed by atoms with Gasteiger partial charge < -0.3 is 5.73 Å². The van der Waals surface area contributed by atoms with Crippen molar-refractivity contribution >= 4 is 17.5 Å². The second-order valence-electron chi connectivity index (χ2n) is 6.32. The summed E-state index contributed by atoms with van der Waals surface area (Å²) in [5.41, 5.74) is 7.20. The molecule has 0 radical (unpaired) electrons. The number of hydrogen-bond acceptors (Lipinski definition) is 3. The Bertz CT molecular complexity index is 574. The summed E-state index contributed by atoms with van der Waals surface area (Å²) in [5.74, 6) is 0.933. The van der Waals surface area contributed by atoms with Gasteiger partial charge in [0, 0.05) is 12.2 Å². The highest BCUT2D eigenvalue weighted by atomic mass is 16.2. The summed E-state index contributed by atoms with van der Waals surface area (Å²) >= 11 is 0. The summed E-state index contributed by atoms with van der Waals surface area (Å²) in [5, 5.41) is 0. The molecule has 1 aliphatic heterocycles. The number of rotatable bonds is 3. The Morgan fingerprint density at radius 1 is 1.05 bits per heavy atom. The van der Waals surface area contributed by atoms with Crippen molar-refractivity contribution in [2.45, 2.75) is 39.0 Å². The van der Waals surface area contributed by atoms with E-state index in [-0.39, 0.29) is 11.8 Å². The van der Waals surface area contributed by atoms with E-state index in [9.17, 15) is 9.59 Å². The first kappa shape index (κ1) is 14.1. The molecule has 1 saturated carbocycles. The van der Waals surface area contributed by atoms with E-state index in [0.29, 0.717) is 29.3 Å². The molecule has 4 nitrogen and oxygen atoms in total. The van der Waals surface area contributed by atoms with Gasteiger partial charge in [0.1, 0.15) is 0 Å². The first-order valence-corrected chi connectivity index (χ1v) is 7.85. The Morgan fingerprint density at radius 3 is 2.33 bits per heavy atom. The predicted octanol–water partition coefficient (Wildman–Crippen LogP) is 3.08. The molecule has 2 aliphatic rings. The quantitative estimate of drug-likeness (QED) is 0.686. The number of amides is 2. The molecule has 21 heavy (non-hydrogen) atoms. The average Bonchev–Trinajstić information content (AvgIpc) is 2.73. The van der Waals surface area contributed by atoms with Crippen LogP contribution in [0.25, 0.3) is 0 Å². The number of benzene rings is 1. The predicted molar refractivity (Wildman–Crippen MR) is 82.0 cm³/mol. The van der Waals surface area contributed by atoms with Crippen LogP contribution in [0.1, 0.15) is 59.7 Å². The number of anilines is 1. The lowest BCUT2D eigenvalue weighted by atomic mass is 9.80. The summed E-state index contributed by atoms with van der Waals surface area (Å²) in [6, 6.07) is 4.96. The second kappa shape index (κ2) is 5.51. The van der Waals surface area contributed by atoms with Crippen LogP contribution in [0.4, 0.5) is 5.69 Å². The van der Waals surface area contributed by atoms with Gasteiger partial charge in [-0.1, -0.05) is 26.2 Å². The highest BCUT2D eigenvalue weighted by Crippen LogP contribution is 2.33. The number of nitrogens with zero attached hydrogens (tertiary/aromatic N) is 1. The van der Waals surface area contributed by atoms with Crippen LogP contribution in [-0.4, -0.2) is 23.3 Å². The third kappa shape index (κ3) is 2.55. The van der Waals surface area contributed by atoms with E-state index in [1.807, 2.05) is 0 Å². The van der Waals surface area contributed by atoms with Crippen molar-refractivity contribution in [1.29, 1.82) is 0 Å². The minimum Gasteiger partial charge on any atom is -0.399 e. The summed E-state index contributed by atoms with van der Waals surface area (Å²) in [4.78, 5) is 26.2. The van der Waals surface area contributed by atoms with Crippen molar-refractivity contribution in [3.05, 3.63) is 29.3 Å². The first-order valence-electron chi connectivity index (χ1n) is 7.85. The highest BCUT2D eigenvalue weighted by Gasteiger charge is 2.37. The molecule has 1 aliphatic carbocycles. The second-order valence-corrected chi connectivity index (χ2v) is 6.32. The first-order chi connectivity index (χ1) is 10.1. The summed E-state index contributed by atoms with van der Waals surface area (Å²) < 4.78 is 0. The van der Waals surface area contributed by atoms with Crippen molar-refractivity contribution in [1.82, 2.24) is 4.90 Å². The molecule has 0 bridgehead atoms. The standard InChI is InChI=1S/C17H22N2O2/c1-2-11-3-5-12(6-4-11)10-19-16(20)14-8-7-13(18)9-15(14)17(19)21/h7-9,11-12H,2-6,10,18H2,1H3. The SMILES string of the molecule is CCC1CCC(CN2C(=O)c3ccc(N)cc3C2=O)CC1. The van der Waals surface area contributed by atoms with Crippen LogP contribution in [0, 0.1) is 11.8 Å². The van der Waals surface area contributed by atoms with E-state index in [1.165, 1.54) is 24.2 Å². The molecule has 1 aromatic carbocycles. The molecule has 0 spiro atoms. The van der Waals surface area contributed by atoms with Gasteiger partial charge in [0.25, 0.3) is 11.8 Å². The molecule has 3 rings (SSSR count). The molecular formula is C17H22N2O2. The average molecular weight is 286 g/mol. The van der Waals surface area contributed by atoms with Crippen molar-refractivity contribution in [2.75, 3.05) is 12.3 Å². The fraction of sp³-hybridized carbons (Fsp3) is 0.529. The molecule has 2 N–H and O–H groups in total. The van der Waals surface area contributed by atoms with Crippen LogP contribution in [0.3, 0.4) is 0 Å². The van der Waals surface area contributed by atoms with Gasteiger partial charge in [-0.25, -0.2) is 0 Å². The number of carbonyl (C=O) groups is 2. The number of hydrogen-bond donors (Lipinski definition) is 1. The maximum absolute atomic E-state index is 12.4. The number of imide groups is 1. The molecule has 1 heterocycles. The maximum atomic E-state index is 12.4. The van der Waals surface area contributed by atoms with Crippen molar-refractivity contribution in [3.63, 3.8) is 0 Å². The minimum atomic E-state index is -0.181. The summed E-state index contributed by atoms with van der Waals surface area (Å²) in [7, 11) is 0. The third-order valence-corrected chi connectivity index (χ3v) is 4.98. The Morgan fingerprint density at radius 2 is 1.67 bits per heavy atom. The van der Waals surface area contributed by atoms with Gasteiger partial charge in [-0.15, -0.1) is 0 Å². The molecule has 0 saturated heterocycles. The number of nitrogen functional groups attached to an aromatic ring is 1. The Balaban J connectivity index is 1.71. The third-order valence-electron chi connectivity index (χ3n) is 4.98. The lowest BCUT2D eigenvalue weighted by molar-refractivity contribution is 0.0610. The molecule has 0 unspecified atom stereocenters. The Kier molecular flexibility index (Phi) is 3.70. The number of fused-ring (bicyclic) bond motifs is 1. The van der Waals surface area contributed by atoms with Crippen LogP contribution < -0.4 is 5.73 Å². The zero-order valence-corrected chi connectivity index (χ0v) is 12.5. The number of nitrogens with two attached hydrogens (primary N) is 1. The minimum absolute atomic E-state index is 0.160. The van der Waals surface area contributed by atoms with E-state index in [2.05, 4.69) is 6.92 Å². The van der Waals surface area contributed by atoms with E-state index < -0.39 is 0 Å². The zero-order valence-electron chi connectivity index (χ0n) is 12.5. The van der Waals surface area contributed by atoms with Crippen LogP contribution in [0.5, 0.6) is 0 Å². The monoisotopic (exact) mass is 286 g/mol. The Hall–Kier alpha value is -1.84. The van der Waals surface area contributed by atoms with Gasteiger partial charge in [-0.05, 0) is 42.9 Å². The summed E-state index contributed by atoms with van der Waals surface area (Å²) in [6.45, 7) is 2.79. The van der Waals surface area contributed by atoms with Gasteiger partial charge in [0.2, 0.25) is 0 Å². The summed E-state index contributed by atoms with van der Waals surface area (Å²) in [6.07, 6.45) is 5.91. The normalized spacial score (nSPS) is 25.3. The largest absolute Gasteiger partial charge is 0.399 e. The van der Waals surface area contributed by atoms with Crippen LogP contribution in [-0.2, 0) is 0 Å². The molecule has 4 heteroatoms. The van der Waals surface area contributed by atoms with E-state index in [0.717, 1.165) is 18.8 Å². The van der Waals surface area contributed by atoms with E-state index in [1.54, 1.807) is 18.2 Å². The molecule has 1 aromatic rings. The molecular weight excluding hydrogens is 264 g/mol. The van der Waals surface area contributed by atoms with Crippen LogP contribution >= 0.6 is 0 Å². The smallest absolute Gasteiger partial charge is 0.261 e. The maximum Gasteiger partial charge on any atom is 0.261 e. The van der Waals surface area contributed by atoms with Crippen molar-refractivity contribution in [2.24, 2.45) is 11.8 Å². The number of carbonyl (C=O) groups excluding carboxylic acids is 2. The topological polar surface area (TPSA) is 63.4 Å². The van der Waals surface area contributed by atoms with Gasteiger partial charge in [0.05, 0.1) is 11.1 Å². The lowest BCUT2D eigenvalue weighted by Crippen LogP contribution is -2.35. The highest BCUT2D eigenvalue weighted by molar-refractivity contribution is 6.21. The van der Waals surface area contributed by atoms with Crippen molar-refractivity contribution in [3.8, 4) is 0 Å². The molecule has 112 valence electrons. The van der Waals surface area contributed by atoms with E-state index in [4.69, 9.17) is 5.73 Å². The molecule has 1 fully saturated rings. The van der Waals surface area contributed by atoms with Gasteiger partial charge >= 0.3 is 0 Å².